The van der Waals surface area contributed by atoms with Crippen molar-refractivity contribution in [3.05, 3.63) is 52.3 Å². The van der Waals surface area contributed by atoms with E-state index >= 15 is 0 Å². The van der Waals surface area contributed by atoms with Crippen molar-refractivity contribution < 1.29 is 0 Å². The average Bonchev–Trinajstić information content (AvgIpc) is 2.84. The van der Waals surface area contributed by atoms with Crippen LogP contribution in [0, 0.1) is 18.3 Å². The molecule has 3 aromatic rings. The van der Waals surface area contributed by atoms with Crippen LogP contribution in [0.2, 0.25) is 5.02 Å². The van der Waals surface area contributed by atoms with Crippen molar-refractivity contribution >= 4 is 28.3 Å². The maximum absolute atomic E-state index is 9.32. The van der Waals surface area contributed by atoms with Gasteiger partial charge in [-0.1, -0.05) is 11.6 Å². The molecule has 0 aliphatic heterocycles. The van der Waals surface area contributed by atoms with Gasteiger partial charge in [-0.15, -0.1) is 0 Å². The third-order valence-corrected chi connectivity index (χ3v) is 3.92. The summed E-state index contributed by atoms with van der Waals surface area (Å²) in [5, 5.41) is 18.1. The highest BCUT2D eigenvalue weighted by Crippen LogP contribution is 2.24. The van der Waals surface area contributed by atoms with Crippen LogP contribution in [0.4, 0.5) is 5.82 Å². The number of aryl methyl sites for hydroxylation is 1. The first-order valence-corrected chi connectivity index (χ1v) is 7.18. The van der Waals surface area contributed by atoms with Gasteiger partial charge in [0, 0.05) is 35.3 Å². The number of fused-ring (bicyclic) bond motifs is 1. The minimum Gasteiger partial charge on any atom is -0.366 e. The number of hydrogen-bond acceptors (Lipinski definition) is 4. The van der Waals surface area contributed by atoms with Crippen LogP contribution in [0.15, 0.2) is 30.5 Å². The molecule has 0 amide bonds. The van der Waals surface area contributed by atoms with Gasteiger partial charge in [-0.05, 0) is 31.2 Å². The van der Waals surface area contributed by atoms with Crippen LogP contribution in [0.1, 0.15) is 16.8 Å². The lowest BCUT2D eigenvalue weighted by molar-refractivity contribution is 0.738. The largest absolute Gasteiger partial charge is 0.366 e. The molecule has 1 aromatic carbocycles. The quantitative estimate of drug-likeness (QED) is 0.805. The Hall–Kier alpha value is -2.58. The van der Waals surface area contributed by atoms with Crippen LogP contribution in [-0.2, 0) is 13.6 Å². The van der Waals surface area contributed by atoms with E-state index in [4.69, 9.17) is 11.6 Å². The second-order valence-electron chi connectivity index (χ2n) is 5.06. The van der Waals surface area contributed by atoms with E-state index in [1.165, 1.54) is 0 Å². The number of nitrogens with zero attached hydrogens (tertiary/aromatic N) is 4. The van der Waals surface area contributed by atoms with Crippen molar-refractivity contribution in [3.63, 3.8) is 0 Å². The highest BCUT2D eigenvalue weighted by molar-refractivity contribution is 6.31. The van der Waals surface area contributed by atoms with Gasteiger partial charge in [-0.3, -0.25) is 4.68 Å². The summed E-state index contributed by atoms with van der Waals surface area (Å²) in [5.74, 6) is 0.662. The van der Waals surface area contributed by atoms with Gasteiger partial charge < -0.3 is 5.32 Å². The number of pyridine rings is 1. The highest BCUT2D eigenvalue weighted by atomic mass is 35.5. The van der Waals surface area contributed by atoms with E-state index in [1.807, 2.05) is 30.9 Å². The molecule has 0 unspecified atom stereocenters. The fourth-order valence-electron chi connectivity index (χ4n) is 2.28. The molecular weight excluding hydrogens is 298 g/mol. The fraction of sp³-hybridized carbons (Fsp3) is 0.188. The Balaban J connectivity index is 1.93. The summed E-state index contributed by atoms with van der Waals surface area (Å²) >= 11 is 5.99. The van der Waals surface area contributed by atoms with Gasteiger partial charge in [0.15, 0.2) is 0 Å². The molecule has 0 aliphatic carbocycles. The van der Waals surface area contributed by atoms with Crippen molar-refractivity contribution in [2.24, 2.45) is 7.05 Å². The minimum absolute atomic E-state index is 0.554. The third-order valence-electron chi connectivity index (χ3n) is 3.69. The Bertz CT molecular complexity index is 891. The number of aromatic nitrogens is 3. The van der Waals surface area contributed by atoms with E-state index in [0.717, 1.165) is 22.2 Å². The van der Waals surface area contributed by atoms with Crippen LogP contribution in [0.25, 0.3) is 10.9 Å². The van der Waals surface area contributed by atoms with Gasteiger partial charge in [0.05, 0.1) is 23.3 Å². The molecule has 22 heavy (non-hydrogen) atoms. The predicted molar refractivity (Wildman–Crippen MR) is 86.7 cm³/mol. The Labute approximate surface area is 133 Å². The Morgan fingerprint density at radius 2 is 2.18 bits per heavy atom. The number of halogens is 1. The van der Waals surface area contributed by atoms with Crippen LogP contribution < -0.4 is 5.32 Å². The van der Waals surface area contributed by atoms with Gasteiger partial charge in [0.25, 0.3) is 0 Å². The smallest absolute Gasteiger partial charge is 0.128 e. The van der Waals surface area contributed by atoms with Gasteiger partial charge in [0.2, 0.25) is 0 Å². The molecule has 0 bridgehead atoms. The lowest BCUT2D eigenvalue weighted by Gasteiger charge is -2.08. The summed E-state index contributed by atoms with van der Waals surface area (Å²) in [7, 11) is 1.91. The number of nitriles is 1. The Kier molecular flexibility index (Phi) is 3.70. The zero-order valence-electron chi connectivity index (χ0n) is 12.3. The zero-order chi connectivity index (χ0) is 15.7. The summed E-state index contributed by atoms with van der Waals surface area (Å²) in [4.78, 5) is 4.53. The summed E-state index contributed by atoms with van der Waals surface area (Å²) in [6.45, 7) is 2.62. The molecule has 2 aromatic heterocycles. The van der Waals surface area contributed by atoms with Crippen molar-refractivity contribution in [2.45, 2.75) is 13.5 Å². The summed E-state index contributed by atoms with van der Waals surface area (Å²) < 4.78 is 1.83. The predicted octanol–water partition coefficient (Wildman–Crippen LogP) is 3.41. The first kappa shape index (κ1) is 14.4. The standard InChI is InChI=1S/C16H14ClN5/c1-10-12(9-20-22(10)2)8-19-16-5-11(7-18)14-6-13(17)3-4-15(14)21-16/h3-6,9H,8H2,1-2H3,(H,19,21). The summed E-state index contributed by atoms with van der Waals surface area (Å²) in [5.41, 5.74) is 3.49. The van der Waals surface area contributed by atoms with E-state index < -0.39 is 0 Å². The number of rotatable bonds is 3. The molecule has 0 aliphatic rings. The molecule has 0 radical (unpaired) electrons. The average molecular weight is 312 g/mol. The Morgan fingerprint density at radius 1 is 1.36 bits per heavy atom. The number of hydrogen-bond donors (Lipinski definition) is 1. The SMILES string of the molecule is Cc1c(CNc2cc(C#N)c3cc(Cl)ccc3n2)cnn1C. The highest BCUT2D eigenvalue weighted by Gasteiger charge is 2.08. The van der Waals surface area contributed by atoms with E-state index in [1.54, 1.807) is 18.2 Å². The molecule has 0 saturated carbocycles. The molecule has 2 heterocycles. The normalized spacial score (nSPS) is 10.6. The Morgan fingerprint density at radius 3 is 2.86 bits per heavy atom. The molecule has 110 valence electrons. The van der Waals surface area contributed by atoms with Gasteiger partial charge in [-0.25, -0.2) is 4.98 Å². The molecule has 1 N–H and O–H groups in total. The second kappa shape index (κ2) is 5.66. The van der Waals surface area contributed by atoms with Crippen molar-refractivity contribution in [3.8, 4) is 6.07 Å². The van der Waals surface area contributed by atoms with Crippen LogP contribution in [0.5, 0.6) is 0 Å². The lowest BCUT2D eigenvalue weighted by Crippen LogP contribution is -2.03. The fourth-order valence-corrected chi connectivity index (χ4v) is 2.46. The third kappa shape index (κ3) is 2.61. The van der Waals surface area contributed by atoms with Crippen molar-refractivity contribution in [2.75, 3.05) is 5.32 Å². The molecule has 0 atom stereocenters. The van der Waals surface area contributed by atoms with Gasteiger partial charge in [-0.2, -0.15) is 10.4 Å². The van der Waals surface area contributed by atoms with Crippen molar-refractivity contribution in [1.82, 2.24) is 14.8 Å². The van der Waals surface area contributed by atoms with E-state index in [9.17, 15) is 5.26 Å². The lowest BCUT2D eigenvalue weighted by atomic mass is 10.1. The van der Waals surface area contributed by atoms with Crippen molar-refractivity contribution in [1.29, 1.82) is 5.26 Å². The van der Waals surface area contributed by atoms with E-state index in [0.29, 0.717) is 22.9 Å². The van der Waals surface area contributed by atoms with E-state index in [2.05, 4.69) is 21.5 Å². The molecule has 0 spiro atoms. The van der Waals surface area contributed by atoms with E-state index in [-0.39, 0.29) is 0 Å². The molecule has 0 fully saturated rings. The van der Waals surface area contributed by atoms with Gasteiger partial charge >= 0.3 is 0 Å². The minimum atomic E-state index is 0.554. The molecule has 6 heteroatoms. The molecule has 3 rings (SSSR count). The second-order valence-corrected chi connectivity index (χ2v) is 5.50. The topological polar surface area (TPSA) is 66.5 Å². The monoisotopic (exact) mass is 311 g/mol. The molecular formula is C16H14ClN5. The first-order chi connectivity index (χ1) is 10.6. The number of nitrogens with one attached hydrogen (secondary N) is 1. The number of anilines is 1. The van der Waals surface area contributed by atoms with Crippen LogP contribution in [-0.4, -0.2) is 14.8 Å². The maximum atomic E-state index is 9.32. The molecule has 0 saturated heterocycles. The number of benzene rings is 1. The molecule has 5 nitrogen and oxygen atoms in total. The maximum Gasteiger partial charge on any atom is 0.128 e. The summed E-state index contributed by atoms with van der Waals surface area (Å²) in [6, 6.07) is 9.29. The summed E-state index contributed by atoms with van der Waals surface area (Å²) in [6.07, 6.45) is 1.83. The van der Waals surface area contributed by atoms with Crippen LogP contribution >= 0.6 is 11.6 Å². The zero-order valence-corrected chi connectivity index (χ0v) is 13.0. The van der Waals surface area contributed by atoms with Gasteiger partial charge in [0.1, 0.15) is 5.82 Å². The first-order valence-electron chi connectivity index (χ1n) is 6.80. The van der Waals surface area contributed by atoms with Crippen LogP contribution in [0.3, 0.4) is 0 Å².